The highest BCUT2D eigenvalue weighted by molar-refractivity contribution is 6.15. The van der Waals surface area contributed by atoms with Gasteiger partial charge in [0.25, 0.3) is 0 Å². The minimum atomic E-state index is -0.162. The second-order valence-electron chi connectivity index (χ2n) is 6.86. The number of amides is 1. The molecule has 2 aliphatic heterocycles. The molecule has 1 aromatic carbocycles. The van der Waals surface area contributed by atoms with Crippen molar-refractivity contribution in [1.29, 1.82) is 0 Å². The van der Waals surface area contributed by atoms with Crippen LogP contribution in [0.3, 0.4) is 0 Å². The Morgan fingerprint density at radius 1 is 1.24 bits per heavy atom. The number of fused-ring (bicyclic) bond motifs is 2. The Hall–Kier alpha value is -2.53. The molecule has 1 atom stereocenters. The maximum absolute atomic E-state index is 12.4. The number of carbonyl (C=O) groups excluding carboxylic acids is 1. The van der Waals surface area contributed by atoms with Gasteiger partial charge in [-0.2, -0.15) is 0 Å². The number of aliphatic hydroxyl groups excluding tert-OH is 1. The van der Waals surface area contributed by atoms with Gasteiger partial charge in [0.2, 0.25) is 5.91 Å². The molecule has 3 heterocycles. The Kier molecular flexibility index (Phi) is 3.88. The summed E-state index contributed by atoms with van der Waals surface area (Å²) in [6, 6.07) is 8.19. The third kappa shape index (κ3) is 2.74. The minimum absolute atomic E-state index is 0.0188. The number of aliphatic imine (C=N–C) groups is 1. The number of carbonyl (C=O) groups is 1. The first-order chi connectivity index (χ1) is 12.1. The molecule has 2 aromatic rings. The first kappa shape index (κ1) is 16.0. The normalized spacial score (nSPS) is 17.2. The number of aryl methyl sites for hydroxylation is 1. The van der Waals surface area contributed by atoms with E-state index in [2.05, 4.69) is 23.2 Å². The Morgan fingerprint density at radius 2 is 2.08 bits per heavy atom. The summed E-state index contributed by atoms with van der Waals surface area (Å²) in [6.45, 7) is 5.04. The summed E-state index contributed by atoms with van der Waals surface area (Å²) in [5.41, 5.74) is 7.63. The molecule has 128 valence electrons. The smallest absolute Gasteiger partial charge is 0.227 e. The molecule has 0 fully saturated rings. The topological polar surface area (TPSA) is 65.8 Å². The maximum atomic E-state index is 12.4. The van der Waals surface area contributed by atoms with Crippen LogP contribution in [0.5, 0.6) is 0 Å². The molecule has 5 heteroatoms. The van der Waals surface area contributed by atoms with E-state index < -0.39 is 0 Å². The van der Waals surface area contributed by atoms with Gasteiger partial charge < -0.3 is 10.0 Å². The number of nitrogens with zero attached hydrogens (tertiary/aromatic N) is 3. The predicted molar refractivity (Wildman–Crippen MR) is 95.6 cm³/mol. The molecule has 1 amide bonds. The lowest BCUT2D eigenvalue weighted by atomic mass is 9.90. The van der Waals surface area contributed by atoms with E-state index in [1.807, 2.05) is 26.1 Å². The van der Waals surface area contributed by atoms with Crippen molar-refractivity contribution >= 4 is 11.6 Å². The van der Waals surface area contributed by atoms with Crippen molar-refractivity contribution in [3.05, 3.63) is 64.0 Å². The number of benzene rings is 1. The van der Waals surface area contributed by atoms with Crippen molar-refractivity contribution < 1.29 is 9.90 Å². The third-order valence-electron chi connectivity index (χ3n) is 5.06. The molecule has 0 unspecified atom stereocenters. The lowest BCUT2D eigenvalue weighted by Crippen LogP contribution is -2.43. The standard InChI is InChI=1S/C20H21N3O2/c1-12-5-14(3-4-21-12)20-18-7-17-10-23(13(2)11-24)19(25)8-15(17)6-16(18)9-22-20/h3-7,13,24H,8-11H2,1-2H3/t13-/m1/s1. The summed E-state index contributed by atoms with van der Waals surface area (Å²) >= 11 is 0. The van der Waals surface area contributed by atoms with Gasteiger partial charge in [-0.25, -0.2) is 0 Å². The number of hydrogen-bond acceptors (Lipinski definition) is 4. The highest BCUT2D eigenvalue weighted by Crippen LogP contribution is 2.30. The monoisotopic (exact) mass is 335 g/mol. The molecule has 0 bridgehead atoms. The average Bonchev–Trinajstić information content (AvgIpc) is 3.01. The first-order valence-electron chi connectivity index (χ1n) is 8.59. The van der Waals surface area contributed by atoms with Crippen molar-refractivity contribution in [1.82, 2.24) is 9.88 Å². The Morgan fingerprint density at radius 3 is 2.84 bits per heavy atom. The lowest BCUT2D eigenvalue weighted by molar-refractivity contribution is -0.134. The molecule has 0 aliphatic carbocycles. The fourth-order valence-electron chi connectivity index (χ4n) is 3.63. The molecular weight excluding hydrogens is 314 g/mol. The number of aliphatic hydroxyl groups is 1. The summed E-state index contributed by atoms with van der Waals surface area (Å²) in [5, 5.41) is 9.41. The van der Waals surface area contributed by atoms with E-state index in [1.54, 1.807) is 4.90 Å². The van der Waals surface area contributed by atoms with Gasteiger partial charge >= 0.3 is 0 Å². The quantitative estimate of drug-likeness (QED) is 0.933. The van der Waals surface area contributed by atoms with Crippen LogP contribution in [0.2, 0.25) is 0 Å². The molecule has 0 spiro atoms. The molecule has 2 aliphatic rings. The van der Waals surface area contributed by atoms with E-state index in [0.717, 1.165) is 33.7 Å². The minimum Gasteiger partial charge on any atom is -0.394 e. The van der Waals surface area contributed by atoms with Crippen molar-refractivity contribution in [2.75, 3.05) is 6.61 Å². The summed E-state index contributed by atoms with van der Waals surface area (Å²) < 4.78 is 0. The molecule has 0 radical (unpaired) electrons. The molecule has 1 aromatic heterocycles. The van der Waals surface area contributed by atoms with Gasteiger partial charge in [0, 0.05) is 29.6 Å². The van der Waals surface area contributed by atoms with E-state index in [0.29, 0.717) is 19.5 Å². The molecular formula is C20H21N3O2. The van der Waals surface area contributed by atoms with Crippen LogP contribution < -0.4 is 0 Å². The fraction of sp³-hybridized carbons (Fsp3) is 0.350. The zero-order valence-corrected chi connectivity index (χ0v) is 14.5. The van der Waals surface area contributed by atoms with Crippen LogP contribution in [-0.4, -0.2) is 39.3 Å². The lowest BCUT2D eigenvalue weighted by Gasteiger charge is -2.33. The van der Waals surface area contributed by atoms with Crippen LogP contribution in [0.25, 0.3) is 0 Å². The van der Waals surface area contributed by atoms with Crippen LogP contribution in [-0.2, 0) is 24.3 Å². The van der Waals surface area contributed by atoms with Gasteiger partial charge in [0.15, 0.2) is 0 Å². The van der Waals surface area contributed by atoms with Gasteiger partial charge in [-0.15, -0.1) is 0 Å². The van der Waals surface area contributed by atoms with Gasteiger partial charge in [0.1, 0.15) is 0 Å². The molecule has 0 saturated heterocycles. The number of pyridine rings is 1. The zero-order chi connectivity index (χ0) is 17.6. The Balaban J connectivity index is 1.72. The van der Waals surface area contributed by atoms with Crippen LogP contribution in [0.15, 0.2) is 35.5 Å². The largest absolute Gasteiger partial charge is 0.394 e. The number of aromatic nitrogens is 1. The summed E-state index contributed by atoms with van der Waals surface area (Å²) in [7, 11) is 0. The van der Waals surface area contributed by atoms with E-state index in [4.69, 9.17) is 4.99 Å². The zero-order valence-electron chi connectivity index (χ0n) is 14.5. The molecule has 4 rings (SSSR count). The fourth-order valence-corrected chi connectivity index (χ4v) is 3.63. The summed E-state index contributed by atoms with van der Waals surface area (Å²) in [4.78, 5) is 23.1. The Bertz CT molecular complexity index is 889. The van der Waals surface area contributed by atoms with Gasteiger partial charge in [-0.3, -0.25) is 14.8 Å². The van der Waals surface area contributed by atoms with Crippen molar-refractivity contribution in [3.8, 4) is 0 Å². The highest BCUT2D eigenvalue weighted by atomic mass is 16.3. The predicted octanol–water partition coefficient (Wildman–Crippen LogP) is 2.01. The molecule has 1 N–H and O–H groups in total. The first-order valence-corrected chi connectivity index (χ1v) is 8.59. The summed E-state index contributed by atoms with van der Waals surface area (Å²) in [5.74, 6) is 0.0814. The second-order valence-corrected chi connectivity index (χ2v) is 6.86. The maximum Gasteiger partial charge on any atom is 0.227 e. The van der Waals surface area contributed by atoms with Crippen molar-refractivity contribution in [2.45, 2.75) is 39.4 Å². The van der Waals surface area contributed by atoms with Crippen LogP contribution in [0, 0.1) is 6.92 Å². The SMILES string of the molecule is Cc1cc(C2=NCc3cc4c(cc32)CN([C@H](C)CO)C(=O)C4)ccn1. The third-order valence-corrected chi connectivity index (χ3v) is 5.06. The van der Waals surface area contributed by atoms with Crippen LogP contribution >= 0.6 is 0 Å². The van der Waals surface area contributed by atoms with E-state index in [1.165, 1.54) is 5.56 Å². The van der Waals surface area contributed by atoms with Crippen LogP contribution in [0.1, 0.15) is 40.4 Å². The van der Waals surface area contributed by atoms with Crippen molar-refractivity contribution in [2.24, 2.45) is 4.99 Å². The second kappa shape index (κ2) is 6.08. The molecule has 0 saturated carbocycles. The number of hydrogen-bond donors (Lipinski definition) is 1. The van der Waals surface area contributed by atoms with Gasteiger partial charge in [0.05, 0.1) is 31.3 Å². The number of rotatable bonds is 3. The molecule has 25 heavy (non-hydrogen) atoms. The highest BCUT2D eigenvalue weighted by Gasteiger charge is 2.29. The summed E-state index contributed by atoms with van der Waals surface area (Å²) in [6.07, 6.45) is 2.21. The van der Waals surface area contributed by atoms with Gasteiger partial charge in [-0.05, 0) is 48.7 Å². The Labute approximate surface area is 147 Å². The van der Waals surface area contributed by atoms with E-state index >= 15 is 0 Å². The van der Waals surface area contributed by atoms with E-state index in [9.17, 15) is 9.90 Å². The molecule has 5 nitrogen and oxygen atoms in total. The van der Waals surface area contributed by atoms with E-state index in [-0.39, 0.29) is 18.6 Å². The van der Waals surface area contributed by atoms with Gasteiger partial charge in [-0.1, -0.05) is 6.07 Å². The van der Waals surface area contributed by atoms with Crippen molar-refractivity contribution in [3.63, 3.8) is 0 Å². The average molecular weight is 335 g/mol. The van der Waals surface area contributed by atoms with Crippen LogP contribution in [0.4, 0.5) is 0 Å².